The van der Waals surface area contributed by atoms with Crippen molar-refractivity contribution in [2.24, 2.45) is 5.92 Å². The first-order chi connectivity index (χ1) is 13.7. The Balaban J connectivity index is 0.00000128. The molecule has 4 heterocycles. The lowest BCUT2D eigenvalue weighted by atomic mass is 9.84. The normalized spacial score (nSPS) is 23.2. The van der Waals surface area contributed by atoms with Crippen LogP contribution in [0.3, 0.4) is 0 Å². The Hall–Kier alpha value is -1.24. The van der Waals surface area contributed by atoms with E-state index in [2.05, 4.69) is 37.9 Å². The van der Waals surface area contributed by atoms with Crippen LogP contribution in [0.1, 0.15) is 23.6 Å². The molecule has 1 N–H and O–H groups in total. The highest BCUT2D eigenvalue weighted by Gasteiger charge is 2.31. The molecule has 164 valence electrons. The molecule has 2 saturated heterocycles. The summed E-state index contributed by atoms with van der Waals surface area (Å²) in [5.74, 6) is 1.09. The second-order valence-corrected chi connectivity index (χ2v) is 8.78. The summed E-state index contributed by atoms with van der Waals surface area (Å²) in [6.07, 6.45) is 1.22. The third kappa shape index (κ3) is 4.51. The van der Waals surface area contributed by atoms with E-state index in [1.54, 1.807) is 0 Å². The van der Waals surface area contributed by atoms with Crippen LogP contribution in [0.15, 0.2) is 41.2 Å². The summed E-state index contributed by atoms with van der Waals surface area (Å²) in [5, 5.41) is 4.32. The minimum absolute atomic E-state index is 0. The summed E-state index contributed by atoms with van der Waals surface area (Å²) in [5.41, 5.74) is 3.49. The van der Waals surface area contributed by atoms with Gasteiger partial charge in [-0.1, -0.05) is 29.8 Å². The van der Waals surface area contributed by atoms with Gasteiger partial charge in [-0.05, 0) is 37.1 Å². The zero-order valence-corrected chi connectivity index (χ0v) is 19.3. The lowest BCUT2D eigenvalue weighted by Crippen LogP contribution is -2.48. The Bertz CT molecular complexity index is 927. The summed E-state index contributed by atoms with van der Waals surface area (Å²) >= 11 is 6.35. The number of hydrogen-bond acceptors (Lipinski definition) is 4. The zero-order valence-electron chi connectivity index (χ0n) is 16.9. The maximum Gasteiger partial charge on any atom is 0.255 e. The molecule has 2 atom stereocenters. The molecule has 0 unspecified atom stereocenters. The van der Waals surface area contributed by atoms with Crippen LogP contribution in [0, 0.1) is 5.92 Å². The van der Waals surface area contributed by atoms with Gasteiger partial charge < -0.3 is 14.8 Å². The van der Waals surface area contributed by atoms with Crippen LogP contribution in [-0.2, 0) is 13.1 Å². The summed E-state index contributed by atoms with van der Waals surface area (Å²) in [7, 11) is 0. The van der Waals surface area contributed by atoms with Crippen molar-refractivity contribution in [2.75, 3.05) is 44.2 Å². The monoisotopic (exact) mass is 470 g/mol. The second-order valence-electron chi connectivity index (χ2n) is 8.37. The number of rotatable bonds is 3. The van der Waals surface area contributed by atoms with E-state index in [4.69, 9.17) is 11.6 Å². The van der Waals surface area contributed by atoms with Gasteiger partial charge in [-0.25, -0.2) is 0 Å². The quantitative estimate of drug-likeness (QED) is 0.745. The second kappa shape index (κ2) is 9.92. The molecular weight excluding hydrogens is 443 g/mol. The van der Waals surface area contributed by atoms with E-state index in [1.807, 2.05) is 18.2 Å². The van der Waals surface area contributed by atoms with Crippen LogP contribution in [0.4, 0.5) is 5.69 Å². The van der Waals surface area contributed by atoms with Crippen molar-refractivity contribution in [3.8, 4) is 0 Å². The summed E-state index contributed by atoms with van der Waals surface area (Å²) < 4.78 is 2.06. The van der Waals surface area contributed by atoms with Gasteiger partial charge in [0.05, 0.1) is 10.7 Å². The number of nitrogens with zero attached hydrogens (tertiary/aromatic N) is 3. The molecule has 0 saturated carbocycles. The summed E-state index contributed by atoms with van der Waals surface area (Å²) in [6.45, 7) is 7.41. The standard InChI is InChI=1S/C22H27ClN4O.2ClH/c23-19-3-1-2-4-21(19)26-9-7-25(8-10-26)15-17-5-6-20-18-11-16(12-24-13-18)14-27(20)22(17)28;;/h1-6,16,18,24H,7-15H2;2*1H/t16-,18+;;/m0../s1. The first kappa shape index (κ1) is 23.4. The molecule has 2 fully saturated rings. The van der Waals surface area contributed by atoms with Crippen molar-refractivity contribution >= 4 is 42.1 Å². The van der Waals surface area contributed by atoms with E-state index in [-0.39, 0.29) is 30.4 Å². The number of nitrogens with one attached hydrogen (secondary N) is 1. The van der Waals surface area contributed by atoms with Gasteiger partial charge in [0.1, 0.15) is 0 Å². The molecule has 2 aromatic rings. The molecule has 1 aromatic heterocycles. The SMILES string of the molecule is Cl.Cl.O=c1c(CN2CCN(c3ccccc3Cl)CC2)ccc2n1C[C@@H]1CNC[C@H]2C1. The highest BCUT2D eigenvalue weighted by atomic mass is 35.5. The number of hydrogen-bond donors (Lipinski definition) is 1. The molecule has 0 aliphatic carbocycles. The van der Waals surface area contributed by atoms with Gasteiger partial charge in [0.2, 0.25) is 0 Å². The Morgan fingerprint density at radius 1 is 1.00 bits per heavy atom. The van der Waals surface area contributed by atoms with Gasteiger partial charge >= 0.3 is 0 Å². The highest BCUT2D eigenvalue weighted by molar-refractivity contribution is 6.33. The number of halogens is 3. The number of pyridine rings is 1. The molecule has 3 aliphatic heterocycles. The van der Waals surface area contributed by atoms with Crippen molar-refractivity contribution in [1.82, 2.24) is 14.8 Å². The van der Waals surface area contributed by atoms with Crippen LogP contribution < -0.4 is 15.8 Å². The molecule has 0 spiro atoms. The maximum absolute atomic E-state index is 13.1. The minimum atomic E-state index is 0. The third-order valence-electron chi connectivity index (χ3n) is 6.55. The van der Waals surface area contributed by atoms with E-state index in [0.717, 1.165) is 68.6 Å². The van der Waals surface area contributed by atoms with Gasteiger partial charge in [0, 0.05) is 63.0 Å². The summed E-state index contributed by atoms with van der Waals surface area (Å²) in [6, 6.07) is 12.3. The van der Waals surface area contributed by atoms with E-state index >= 15 is 0 Å². The lowest BCUT2D eigenvalue weighted by Gasteiger charge is -2.38. The van der Waals surface area contributed by atoms with Crippen LogP contribution in [0.2, 0.25) is 5.02 Å². The molecule has 5 rings (SSSR count). The van der Waals surface area contributed by atoms with Gasteiger partial charge in [-0.3, -0.25) is 9.69 Å². The Kier molecular flexibility index (Phi) is 7.75. The predicted molar refractivity (Wildman–Crippen MR) is 128 cm³/mol. The number of piperazine rings is 1. The first-order valence-electron chi connectivity index (χ1n) is 10.3. The molecule has 1 aromatic carbocycles. The van der Waals surface area contributed by atoms with E-state index in [9.17, 15) is 4.79 Å². The fourth-order valence-electron chi connectivity index (χ4n) is 5.05. The fraction of sp³-hybridized carbons (Fsp3) is 0.500. The van der Waals surface area contributed by atoms with Gasteiger partial charge in [0.25, 0.3) is 5.56 Å². The smallest absolute Gasteiger partial charge is 0.255 e. The fourth-order valence-corrected chi connectivity index (χ4v) is 5.31. The number of fused-ring (bicyclic) bond motifs is 4. The van der Waals surface area contributed by atoms with Crippen LogP contribution in [-0.4, -0.2) is 48.7 Å². The van der Waals surface area contributed by atoms with E-state index < -0.39 is 0 Å². The lowest BCUT2D eigenvalue weighted by molar-refractivity contribution is 0.241. The zero-order chi connectivity index (χ0) is 19.1. The minimum Gasteiger partial charge on any atom is -0.368 e. The Labute approximate surface area is 195 Å². The maximum atomic E-state index is 13.1. The average Bonchev–Trinajstić information content (AvgIpc) is 2.72. The van der Waals surface area contributed by atoms with E-state index in [0.29, 0.717) is 11.8 Å². The third-order valence-corrected chi connectivity index (χ3v) is 6.87. The average molecular weight is 472 g/mol. The molecular formula is C22H29Cl3N4O. The molecule has 2 bridgehead atoms. The van der Waals surface area contributed by atoms with Crippen molar-refractivity contribution in [3.63, 3.8) is 0 Å². The largest absolute Gasteiger partial charge is 0.368 e. The number of benzene rings is 1. The van der Waals surface area contributed by atoms with Crippen LogP contribution >= 0.6 is 36.4 Å². The number of anilines is 1. The topological polar surface area (TPSA) is 40.5 Å². The number of piperidine rings is 1. The molecule has 0 amide bonds. The highest BCUT2D eigenvalue weighted by Crippen LogP contribution is 2.32. The van der Waals surface area contributed by atoms with Crippen LogP contribution in [0.25, 0.3) is 0 Å². The Morgan fingerprint density at radius 2 is 1.77 bits per heavy atom. The molecule has 3 aliphatic rings. The molecule has 5 nitrogen and oxygen atoms in total. The van der Waals surface area contributed by atoms with Crippen molar-refractivity contribution in [1.29, 1.82) is 0 Å². The Morgan fingerprint density at radius 3 is 2.53 bits per heavy atom. The van der Waals surface area contributed by atoms with Crippen LogP contribution in [0.5, 0.6) is 0 Å². The van der Waals surface area contributed by atoms with E-state index in [1.165, 1.54) is 12.1 Å². The van der Waals surface area contributed by atoms with Crippen molar-refractivity contribution in [3.05, 3.63) is 63.0 Å². The number of para-hydroxylation sites is 1. The molecule has 30 heavy (non-hydrogen) atoms. The molecule has 0 radical (unpaired) electrons. The predicted octanol–water partition coefficient (Wildman–Crippen LogP) is 3.37. The summed E-state index contributed by atoms with van der Waals surface area (Å²) in [4.78, 5) is 17.9. The number of aromatic nitrogens is 1. The molecule has 8 heteroatoms. The first-order valence-corrected chi connectivity index (χ1v) is 10.7. The van der Waals surface area contributed by atoms with Crippen molar-refractivity contribution < 1.29 is 0 Å². The van der Waals surface area contributed by atoms with Gasteiger partial charge in [-0.2, -0.15) is 0 Å². The van der Waals surface area contributed by atoms with Gasteiger partial charge in [-0.15, -0.1) is 24.8 Å². The van der Waals surface area contributed by atoms with Gasteiger partial charge in [0.15, 0.2) is 0 Å². The van der Waals surface area contributed by atoms with Crippen molar-refractivity contribution in [2.45, 2.75) is 25.4 Å².